The fraction of sp³-hybridized carbons (Fsp3) is 0.611. The van der Waals surface area contributed by atoms with E-state index in [9.17, 15) is 0 Å². The van der Waals surface area contributed by atoms with Gasteiger partial charge in [0.15, 0.2) is 16.6 Å². The van der Waals surface area contributed by atoms with E-state index in [4.69, 9.17) is 21.7 Å². The molecular formula is C18H26N2O2S. The maximum Gasteiger partial charge on any atom is 0.166 e. The van der Waals surface area contributed by atoms with Crippen LogP contribution in [0.3, 0.4) is 0 Å². The molecule has 3 atom stereocenters. The Labute approximate surface area is 143 Å². The van der Waals surface area contributed by atoms with Gasteiger partial charge in [0.25, 0.3) is 0 Å². The predicted molar refractivity (Wildman–Crippen MR) is 96.2 cm³/mol. The third kappa shape index (κ3) is 3.89. The van der Waals surface area contributed by atoms with E-state index in [-0.39, 0.29) is 0 Å². The Hall–Kier alpha value is -1.49. The minimum Gasteiger partial charge on any atom is -0.493 e. The first-order valence-electron chi connectivity index (χ1n) is 8.45. The molecule has 0 heterocycles. The molecule has 0 aromatic heterocycles. The number of fused-ring (bicyclic) bond motifs is 2. The van der Waals surface area contributed by atoms with Gasteiger partial charge in [0.2, 0.25) is 0 Å². The van der Waals surface area contributed by atoms with Crippen LogP contribution in [0.15, 0.2) is 18.2 Å². The van der Waals surface area contributed by atoms with Gasteiger partial charge in [0, 0.05) is 12.6 Å². The predicted octanol–water partition coefficient (Wildman–Crippen LogP) is 2.90. The van der Waals surface area contributed by atoms with Gasteiger partial charge < -0.3 is 20.1 Å². The monoisotopic (exact) mass is 334 g/mol. The minimum atomic E-state index is 0.592. The summed E-state index contributed by atoms with van der Waals surface area (Å²) in [6.45, 7) is 0.822. The number of thiocarbonyl (C=S) groups is 1. The first-order valence-corrected chi connectivity index (χ1v) is 8.85. The molecule has 5 heteroatoms. The van der Waals surface area contributed by atoms with Crippen LogP contribution in [0.1, 0.15) is 31.2 Å². The van der Waals surface area contributed by atoms with Gasteiger partial charge in [-0.15, -0.1) is 0 Å². The highest BCUT2D eigenvalue weighted by atomic mass is 32.1. The standard InChI is InChI=1S/C18H26N2O2S/c1-21-16-6-4-12(11-17(16)22-2)7-8-19-18(23)20-15-10-13-3-5-14(15)9-13/h4,6,11,13-15H,3,5,7-10H2,1-2H3,(H2,19,20,23)/t13-,14+,15-/m0/s1. The summed E-state index contributed by atoms with van der Waals surface area (Å²) in [5.74, 6) is 3.31. The van der Waals surface area contributed by atoms with Gasteiger partial charge in [-0.05, 0) is 67.4 Å². The van der Waals surface area contributed by atoms with Crippen LogP contribution >= 0.6 is 12.2 Å². The van der Waals surface area contributed by atoms with Gasteiger partial charge in [0.05, 0.1) is 14.2 Å². The lowest BCUT2D eigenvalue weighted by Crippen LogP contribution is -2.44. The van der Waals surface area contributed by atoms with Crippen LogP contribution in [0.5, 0.6) is 11.5 Å². The fourth-order valence-electron chi connectivity index (χ4n) is 4.00. The molecule has 23 heavy (non-hydrogen) atoms. The largest absolute Gasteiger partial charge is 0.493 e. The van der Waals surface area contributed by atoms with Crippen molar-refractivity contribution < 1.29 is 9.47 Å². The molecule has 2 aliphatic rings. The smallest absolute Gasteiger partial charge is 0.166 e. The average molecular weight is 334 g/mol. The quantitative estimate of drug-likeness (QED) is 0.783. The molecule has 1 aromatic carbocycles. The molecule has 0 aliphatic heterocycles. The van der Waals surface area contributed by atoms with Crippen molar-refractivity contribution in [1.82, 2.24) is 10.6 Å². The normalized spacial score (nSPS) is 25.2. The van der Waals surface area contributed by atoms with Gasteiger partial charge >= 0.3 is 0 Å². The summed E-state index contributed by atoms with van der Waals surface area (Å²) in [6, 6.07) is 6.62. The SMILES string of the molecule is COc1ccc(CCNC(=S)N[C@H]2C[C@H]3CC[C@@H]2C3)cc1OC. The molecule has 2 N–H and O–H groups in total. The topological polar surface area (TPSA) is 42.5 Å². The molecule has 3 rings (SSSR count). The number of rotatable bonds is 6. The molecule has 0 radical (unpaired) electrons. The Kier molecular flexibility index (Phi) is 5.26. The van der Waals surface area contributed by atoms with E-state index in [0.29, 0.717) is 6.04 Å². The molecule has 0 unspecified atom stereocenters. The first-order chi connectivity index (χ1) is 11.2. The van der Waals surface area contributed by atoms with E-state index in [1.807, 2.05) is 12.1 Å². The Morgan fingerprint density at radius 3 is 2.65 bits per heavy atom. The van der Waals surface area contributed by atoms with Gasteiger partial charge in [-0.2, -0.15) is 0 Å². The molecule has 0 spiro atoms. The molecular weight excluding hydrogens is 308 g/mol. The number of hydrogen-bond acceptors (Lipinski definition) is 3. The molecule has 4 nitrogen and oxygen atoms in total. The van der Waals surface area contributed by atoms with E-state index in [0.717, 1.165) is 41.4 Å². The Morgan fingerprint density at radius 1 is 1.17 bits per heavy atom. The second kappa shape index (κ2) is 7.39. The minimum absolute atomic E-state index is 0.592. The van der Waals surface area contributed by atoms with E-state index in [1.165, 1.54) is 31.2 Å². The molecule has 2 fully saturated rings. The highest BCUT2D eigenvalue weighted by Gasteiger charge is 2.39. The van der Waals surface area contributed by atoms with E-state index >= 15 is 0 Å². The summed E-state index contributed by atoms with van der Waals surface area (Å²) in [5.41, 5.74) is 1.21. The molecule has 0 saturated heterocycles. The zero-order valence-electron chi connectivity index (χ0n) is 13.9. The summed E-state index contributed by atoms with van der Waals surface area (Å²) in [4.78, 5) is 0. The lowest BCUT2D eigenvalue weighted by atomic mass is 9.96. The molecule has 126 valence electrons. The zero-order chi connectivity index (χ0) is 16.2. The molecule has 2 bridgehead atoms. The van der Waals surface area contributed by atoms with Crippen LogP contribution in [0.2, 0.25) is 0 Å². The number of hydrogen-bond donors (Lipinski definition) is 2. The second-order valence-corrected chi connectivity index (χ2v) is 7.03. The third-order valence-electron chi connectivity index (χ3n) is 5.20. The van der Waals surface area contributed by atoms with Crippen molar-refractivity contribution >= 4 is 17.3 Å². The Balaban J connectivity index is 1.43. The Bertz CT molecular complexity index is 564. The van der Waals surface area contributed by atoms with Gasteiger partial charge in [0.1, 0.15) is 0 Å². The summed E-state index contributed by atoms with van der Waals surface area (Å²) < 4.78 is 10.6. The second-order valence-electron chi connectivity index (χ2n) is 6.62. The van der Waals surface area contributed by atoms with E-state index < -0.39 is 0 Å². The van der Waals surface area contributed by atoms with Crippen LogP contribution in [-0.4, -0.2) is 31.9 Å². The first kappa shape index (κ1) is 16.4. The zero-order valence-corrected chi connectivity index (χ0v) is 14.7. The number of nitrogens with one attached hydrogen (secondary N) is 2. The summed E-state index contributed by atoms with van der Waals surface area (Å²) in [5, 5.41) is 7.64. The highest BCUT2D eigenvalue weighted by molar-refractivity contribution is 7.80. The van der Waals surface area contributed by atoms with Crippen molar-refractivity contribution in [1.29, 1.82) is 0 Å². The van der Waals surface area contributed by atoms with Gasteiger partial charge in [-0.25, -0.2) is 0 Å². The molecule has 2 aliphatic carbocycles. The number of ether oxygens (including phenoxy) is 2. The Morgan fingerprint density at radius 2 is 2.00 bits per heavy atom. The van der Waals surface area contributed by atoms with Crippen LogP contribution in [0.4, 0.5) is 0 Å². The van der Waals surface area contributed by atoms with Crippen molar-refractivity contribution in [2.75, 3.05) is 20.8 Å². The number of benzene rings is 1. The maximum atomic E-state index is 5.44. The summed E-state index contributed by atoms with van der Waals surface area (Å²) in [6.07, 6.45) is 6.38. The van der Waals surface area contributed by atoms with E-state index in [1.54, 1.807) is 14.2 Å². The van der Waals surface area contributed by atoms with Crippen LogP contribution in [0.25, 0.3) is 0 Å². The maximum absolute atomic E-state index is 5.44. The van der Waals surface area contributed by atoms with Crippen LogP contribution in [-0.2, 0) is 6.42 Å². The third-order valence-corrected chi connectivity index (χ3v) is 5.46. The number of methoxy groups -OCH3 is 2. The summed E-state index contributed by atoms with van der Waals surface area (Å²) >= 11 is 5.44. The van der Waals surface area contributed by atoms with Crippen molar-refractivity contribution in [3.05, 3.63) is 23.8 Å². The fourth-order valence-corrected chi connectivity index (χ4v) is 4.25. The van der Waals surface area contributed by atoms with Crippen molar-refractivity contribution in [3.63, 3.8) is 0 Å². The lowest BCUT2D eigenvalue weighted by molar-refractivity contribution is 0.354. The van der Waals surface area contributed by atoms with E-state index in [2.05, 4.69) is 16.7 Å². The molecule has 0 amide bonds. The van der Waals surface area contributed by atoms with Crippen LogP contribution in [0, 0.1) is 11.8 Å². The van der Waals surface area contributed by atoms with Crippen LogP contribution < -0.4 is 20.1 Å². The van der Waals surface area contributed by atoms with Crippen molar-refractivity contribution in [2.24, 2.45) is 11.8 Å². The van der Waals surface area contributed by atoms with Crippen molar-refractivity contribution in [2.45, 2.75) is 38.1 Å². The van der Waals surface area contributed by atoms with Gasteiger partial charge in [-0.3, -0.25) is 0 Å². The van der Waals surface area contributed by atoms with Crippen molar-refractivity contribution in [3.8, 4) is 11.5 Å². The molecule has 2 saturated carbocycles. The highest BCUT2D eigenvalue weighted by Crippen LogP contribution is 2.44. The molecule has 1 aromatic rings. The average Bonchev–Trinajstić information content (AvgIpc) is 3.17. The van der Waals surface area contributed by atoms with Gasteiger partial charge in [-0.1, -0.05) is 12.5 Å². The summed E-state index contributed by atoms with van der Waals surface area (Å²) in [7, 11) is 3.31. The lowest BCUT2D eigenvalue weighted by Gasteiger charge is -2.24.